The first-order chi connectivity index (χ1) is 16.5. The third-order valence-corrected chi connectivity index (χ3v) is 7.71. The molecule has 34 heavy (non-hydrogen) atoms. The summed E-state index contributed by atoms with van der Waals surface area (Å²) in [6.07, 6.45) is 9.88. The fraction of sp³-hybridized carbons (Fsp3) is 0.538. The standard InChI is InChI=1S/C26H33N5O3/c1-2-29-17-27-24-23(29)25(33)31(26(34)30(24)15-18-8-4-3-5-9-18)16-22(32)28-21-13-12-19-10-6-7-11-20(19)14-21/h3-5,8-9,17,19-21H,2,6-7,10-16H2,1H3,(H,28,32). The molecular formula is C26H33N5O3. The molecule has 1 aromatic carbocycles. The van der Waals surface area contributed by atoms with Crippen LogP contribution in [0.25, 0.3) is 11.2 Å². The molecule has 3 atom stereocenters. The summed E-state index contributed by atoms with van der Waals surface area (Å²) < 4.78 is 4.30. The Kier molecular flexibility index (Phi) is 6.39. The molecule has 8 nitrogen and oxygen atoms in total. The molecular weight excluding hydrogens is 430 g/mol. The highest BCUT2D eigenvalue weighted by Gasteiger charge is 2.32. The van der Waals surface area contributed by atoms with Crippen LogP contribution in [0, 0.1) is 11.8 Å². The van der Waals surface area contributed by atoms with Crippen molar-refractivity contribution in [3.8, 4) is 0 Å². The molecule has 2 aliphatic rings. The van der Waals surface area contributed by atoms with E-state index in [0.29, 0.717) is 23.6 Å². The Hall–Kier alpha value is -3.16. The number of aromatic nitrogens is 4. The summed E-state index contributed by atoms with van der Waals surface area (Å²) >= 11 is 0. The molecule has 2 fully saturated rings. The Morgan fingerprint density at radius 2 is 1.79 bits per heavy atom. The molecule has 3 aromatic rings. The Bertz CT molecular complexity index is 1290. The molecule has 0 bridgehead atoms. The van der Waals surface area contributed by atoms with Gasteiger partial charge in [-0.25, -0.2) is 14.3 Å². The molecule has 1 amide bonds. The van der Waals surface area contributed by atoms with Crippen LogP contribution in [0.3, 0.4) is 0 Å². The van der Waals surface area contributed by atoms with Crippen LogP contribution >= 0.6 is 0 Å². The Morgan fingerprint density at radius 3 is 2.56 bits per heavy atom. The number of fused-ring (bicyclic) bond motifs is 2. The molecule has 8 heteroatoms. The number of carbonyl (C=O) groups is 1. The van der Waals surface area contributed by atoms with Crippen LogP contribution in [0.1, 0.15) is 57.4 Å². The van der Waals surface area contributed by atoms with E-state index in [2.05, 4.69) is 10.3 Å². The molecule has 2 aliphatic carbocycles. The number of amides is 1. The maximum absolute atomic E-state index is 13.4. The number of imidazole rings is 1. The molecule has 0 spiro atoms. The molecule has 0 saturated heterocycles. The predicted molar refractivity (Wildman–Crippen MR) is 131 cm³/mol. The topological polar surface area (TPSA) is 90.9 Å². The highest BCUT2D eigenvalue weighted by Crippen LogP contribution is 2.40. The lowest BCUT2D eigenvalue weighted by atomic mass is 9.69. The van der Waals surface area contributed by atoms with Crippen molar-refractivity contribution in [2.24, 2.45) is 11.8 Å². The van der Waals surface area contributed by atoms with Gasteiger partial charge in [0.05, 0.1) is 12.9 Å². The normalized spacial score (nSPS) is 22.4. The van der Waals surface area contributed by atoms with Gasteiger partial charge in [0.2, 0.25) is 5.91 Å². The van der Waals surface area contributed by atoms with Gasteiger partial charge in [-0.05, 0) is 43.6 Å². The second-order valence-corrected chi connectivity index (χ2v) is 9.83. The van der Waals surface area contributed by atoms with E-state index in [1.165, 1.54) is 30.3 Å². The van der Waals surface area contributed by atoms with Crippen molar-refractivity contribution in [2.75, 3.05) is 0 Å². The molecule has 180 valence electrons. The molecule has 0 aliphatic heterocycles. The van der Waals surface area contributed by atoms with Crippen molar-refractivity contribution in [3.05, 3.63) is 63.1 Å². The van der Waals surface area contributed by atoms with Gasteiger partial charge in [-0.3, -0.25) is 14.2 Å². The van der Waals surface area contributed by atoms with Crippen molar-refractivity contribution < 1.29 is 4.79 Å². The van der Waals surface area contributed by atoms with Crippen molar-refractivity contribution in [2.45, 2.75) is 77.5 Å². The minimum Gasteiger partial charge on any atom is -0.352 e. The molecule has 1 N–H and O–H groups in total. The number of rotatable bonds is 6. The zero-order chi connectivity index (χ0) is 23.7. The first kappa shape index (κ1) is 22.6. The average Bonchev–Trinajstić information content (AvgIpc) is 3.29. The van der Waals surface area contributed by atoms with Gasteiger partial charge in [-0.15, -0.1) is 0 Å². The monoisotopic (exact) mass is 463 g/mol. The molecule has 2 saturated carbocycles. The van der Waals surface area contributed by atoms with Crippen molar-refractivity contribution in [3.63, 3.8) is 0 Å². The minimum absolute atomic E-state index is 0.124. The largest absolute Gasteiger partial charge is 0.352 e. The van der Waals surface area contributed by atoms with E-state index in [1.54, 1.807) is 10.9 Å². The highest BCUT2D eigenvalue weighted by atomic mass is 16.2. The summed E-state index contributed by atoms with van der Waals surface area (Å²) in [4.78, 5) is 44.1. The lowest BCUT2D eigenvalue weighted by Crippen LogP contribution is -2.47. The van der Waals surface area contributed by atoms with Gasteiger partial charge in [-0.2, -0.15) is 0 Å². The van der Waals surface area contributed by atoms with Gasteiger partial charge in [0.25, 0.3) is 5.56 Å². The van der Waals surface area contributed by atoms with Crippen molar-refractivity contribution >= 4 is 17.1 Å². The molecule has 0 radical (unpaired) electrons. The number of nitrogens with zero attached hydrogens (tertiary/aromatic N) is 4. The van der Waals surface area contributed by atoms with Crippen LogP contribution in [0.15, 0.2) is 46.2 Å². The SMILES string of the molecule is CCn1cnc2c1c(=O)n(CC(=O)NC1CCC3CCCCC3C1)c(=O)n2Cc1ccccc1. The first-order valence-electron chi connectivity index (χ1n) is 12.6. The van der Waals surface area contributed by atoms with Gasteiger partial charge in [0, 0.05) is 12.6 Å². The number of nitrogens with one attached hydrogen (secondary N) is 1. The number of carbonyl (C=O) groups excluding carboxylic acids is 1. The Balaban J connectivity index is 1.42. The van der Waals surface area contributed by atoms with Crippen molar-refractivity contribution in [1.29, 1.82) is 0 Å². The Morgan fingerprint density at radius 1 is 1.03 bits per heavy atom. The Labute approximate surface area is 198 Å². The summed E-state index contributed by atoms with van der Waals surface area (Å²) in [6.45, 7) is 2.48. The number of hydrogen-bond donors (Lipinski definition) is 1. The van der Waals surface area contributed by atoms with Crippen LogP contribution in [0.5, 0.6) is 0 Å². The fourth-order valence-corrected chi connectivity index (χ4v) is 5.95. The maximum atomic E-state index is 13.4. The summed E-state index contributed by atoms with van der Waals surface area (Å²) in [5.41, 5.74) is 0.668. The van der Waals surface area contributed by atoms with E-state index in [-0.39, 0.29) is 25.0 Å². The number of aryl methyl sites for hydroxylation is 1. The van der Waals surface area contributed by atoms with Crippen LogP contribution in [0.2, 0.25) is 0 Å². The lowest BCUT2D eigenvalue weighted by molar-refractivity contribution is -0.123. The van der Waals surface area contributed by atoms with Gasteiger partial charge in [0.15, 0.2) is 11.2 Å². The van der Waals surface area contributed by atoms with Crippen LogP contribution in [-0.2, 0) is 24.4 Å². The second-order valence-electron chi connectivity index (χ2n) is 9.83. The van der Waals surface area contributed by atoms with Gasteiger partial charge in [0.1, 0.15) is 6.54 Å². The lowest BCUT2D eigenvalue weighted by Gasteiger charge is -2.39. The van der Waals surface area contributed by atoms with Crippen LogP contribution < -0.4 is 16.6 Å². The summed E-state index contributed by atoms with van der Waals surface area (Å²) in [7, 11) is 0. The predicted octanol–water partition coefficient (Wildman–Crippen LogP) is 2.90. The zero-order valence-corrected chi connectivity index (χ0v) is 19.8. The van der Waals surface area contributed by atoms with Crippen molar-refractivity contribution in [1.82, 2.24) is 24.0 Å². The van der Waals surface area contributed by atoms with E-state index < -0.39 is 11.2 Å². The molecule has 2 aromatic heterocycles. The molecule has 3 unspecified atom stereocenters. The van der Waals surface area contributed by atoms with Gasteiger partial charge in [-0.1, -0.05) is 56.0 Å². The van der Waals surface area contributed by atoms with Gasteiger partial charge < -0.3 is 9.88 Å². The third-order valence-electron chi connectivity index (χ3n) is 7.71. The summed E-state index contributed by atoms with van der Waals surface area (Å²) in [5, 5.41) is 3.13. The number of hydrogen-bond acceptors (Lipinski definition) is 4. The maximum Gasteiger partial charge on any atom is 0.333 e. The molecule has 5 rings (SSSR count). The summed E-state index contributed by atoms with van der Waals surface area (Å²) in [6, 6.07) is 9.72. The fourth-order valence-electron chi connectivity index (χ4n) is 5.95. The van der Waals surface area contributed by atoms with E-state index in [4.69, 9.17) is 0 Å². The van der Waals surface area contributed by atoms with Gasteiger partial charge >= 0.3 is 5.69 Å². The average molecular weight is 464 g/mol. The zero-order valence-electron chi connectivity index (χ0n) is 19.8. The highest BCUT2D eigenvalue weighted by molar-refractivity contribution is 5.77. The number of benzene rings is 1. The summed E-state index contributed by atoms with van der Waals surface area (Å²) in [5.74, 6) is 1.21. The van der Waals surface area contributed by atoms with E-state index in [1.807, 2.05) is 37.3 Å². The third kappa shape index (κ3) is 4.33. The first-order valence-corrected chi connectivity index (χ1v) is 12.6. The molecule has 2 heterocycles. The smallest absolute Gasteiger partial charge is 0.333 e. The minimum atomic E-state index is -0.506. The van der Waals surface area contributed by atoms with E-state index in [0.717, 1.165) is 35.3 Å². The van der Waals surface area contributed by atoms with Crippen LogP contribution in [0.4, 0.5) is 0 Å². The van der Waals surface area contributed by atoms with Crippen LogP contribution in [-0.4, -0.2) is 30.6 Å². The second kappa shape index (κ2) is 9.60. The van der Waals surface area contributed by atoms with E-state index >= 15 is 0 Å². The van der Waals surface area contributed by atoms with E-state index in [9.17, 15) is 14.4 Å². The quantitative estimate of drug-likeness (QED) is 0.609.